The van der Waals surface area contributed by atoms with Crippen LogP contribution >= 0.6 is 0 Å². The summed E-state index contributed by atoms with van der Waals surface area (Å²) < 4.78 is 10.7. The van der Waals surface area contributed by atoms with E-state index in [1.54, 1.807) is 18.3 Å². The molecule has 1 N–H and O–H groups in total. The minimum Gasteiger partial charge on any atom is -0.495 e. The van der Waals surface area contributed by atoms with Crippen molar-refractivity contribution in [3.63, 3.8) is 0 Å². The van der Waals surface area contributed by atoms with Crippen LogP contribution in [0.5, 0.6) is 5.75 Å². The largest absolute Gasteiger partial charge is 0.495 e. The Hall–Kier alpha value is -4.27. The topological polar surface area (TPSA) is 116 Å². The summed E-state index contributed by atoms with van der Waals surface area (Å²) in [6.07, 6.45) is 4.59. The number of methoxy groups -OCH3 is 2. The molecule has 0 saturated heterocycles. The lowest BCUT2D eigenvalue weighted by atomic mass is 9.75. The van der Waals surface area contributed by atoms with E-state index in [0.29, 0.717) is 34.7 Å². The number of benzene rings is 2. The van der Waals surface area contributed by atoms with Crippen LogP contribution in [0.15, 0.2) is 54.2 Å². The number of aryl methyl sites for hydroxylation is 1. The highest BCUT2D eigenvalue weighted by atomic mass is 16.6. The number of anilines is 2. The lowest BCUT2D eigenvalue weighted by Crippen LogP contribution is -2.24. The van der Waals surface area contributed by atoms with Crippen LogP contribution in [-0.2, 0) is 22.4 Å². The van der Waals surface area contributed by atoms with Gasteiger partial charge < -0.3 is 14.8 Å². The zero-order valence-electron chi connectivity index (χ0n) is 21.4. The number of esters is 1. The molecule has 1 atom stereocenters. The van der Waals surface area contributed by atoms with Crippen LogP contribution in [0.2, 0.25) is 0 Å². The predicted octanol–water partition coefficient (Wildman–Crippen LogP) is 5.65. The SMILES string of the molecule is CCCC1Cc2ccccc2C(c2ccnc(Nc3cc([N+](=O)[O-])c(CC)cc3OC)n2)=C1C(=O)OC. The molecule has 9 nitrogen and oxygen atoms in total. The number of nitrogens with zero attached hydrogens (tertiary/aromatic N) is 3. The fourth-order valence-corrected chi connectivity index (χ4v) is 4.92. The van der Waals surface area contributed by atoms with Gasteiger partial charge in [-0.2, -0.15) is 0 Å². The second kappa shape index (κ2) is 11.2. The van der Waals surface area contributed by atoms with Gasteiger partial charge in [0.05, 0.1) is 36.1 Å². The number of hydrogen-bond donors (Lipinski definition) is 1. The number of fused-ring (bicyclic) bond motifs is 1. The molecule has 0 aliphatic heterocycles. The molecule has 1 aliphatic carbocycles. The van der Waals surface area contributed by atoms with E-state index in [-0.39, 0.29) is 23.5 Å². The molecule has 1 aliphatic rings. The van der Waals surface area contributed by atoms with Gasteiger partial charge in [-0.3, -0.25) is 10.1 Å². The average molecular weight is 503 g/mol. The normalized spacial score (nSPS) is 14.6. The van der Waals surface area contributed by atoms with Crippen molar-refractivity contribution in [2.24, 2.45) is 5.92 Å². The van der Waals surface area contributed by atoms with Crippen molar-refractivity contribution >= 4 is 28.9 Å². The molecular formula is C28H30N4O5. The summed E-state index contributed by atoms with van der Waals surface area (Å²) in [6.45, 7) is 3.94. The van der Waals surface area contributed by atoms with Crippen molar-refractivity contribution in [2.45, 2.75) is 39.5 Å². The summed E-state index contributed by atoms with van der Waals surface area (Å²) in [5.41, 5.74) is 4.88. The first kappa shape index (κ1) is 25.8. The van der Waals surface area contributed by atoms with Gasteiger partial charge in [0.25, 0.3) is 5.69 Å². The van der Waals surface area contributed by atoms with Gasteiger partial charge in [-0.1, -0.05) is 44.5 Å². The van der Waals surface area contributed by atoms with E-state index in [9.17, 15) is 14.9 Å². The van der Waals surface area contributed by atoms with Crippen LogP contribution in [0.3, 0.4) is 0 Å². The third-order valence-corrected chi connectivity index (χ3v) is 6.61. The van der Waals surface area contributed by atoms with E-state index in [1.165, 1.54) is 20.3 Å². The van der Waals surface area contributed by atoms with E-state index in [1.807, 2.05) is 25.1 Å². The van der Waals surface area contributed by atoms with Gasteiger partial charge in [-0.15, -0.1) is 0 Å². The first-order chi connectivity index (χ1) is 17.9. The maximum absolute atomic E-state index is 13.0. The smallest absolute Gasteiger partial charge is 0.334 e. The van der Waals surface area contributed by atoms with Crippen LogP contribution in [0.25, 0.3) is 5.57 Å². The first-order valence-corrected chi connectivity index (χ1v) is 12.3. The number of nitro benzene ring substituents is 1. The van der Waals surface area contributed by atoms with Crippen LogP contribution in [0, 0.1) is 16.0 Å². The number of carbonyl (C=O) groups is 1. The summed E-state index contributed by atoms with van der Waals surface area (Å²) >= 11 is 0. The van der Waals surface area contributed by atoms with Crippen molar-refractivity contribution < 1.29 is 19.2 Å². The Morgan fingerprint density at radius 2 is 1.97 bits per heavy atom. The fraction of sp³-hybridized carbons (Fsp3) is 0.321. The molecule has 0 spiro atoms. The lowest BCUT2D eigenvalue weighted by Gasteiger charge is -2.29. The Labute approximate surface area is 215 Å². The fourth-order valence-electron chi connectivity index (χ4n) is 4.92. The van der Waals surface area contributed by atoms with E-state index in [2.05, 4.69) is 23.3 Å². The zero-order chi connectivity index (χ0) is 26.5. The molecule has 0 fully saturated rings. The van der Waals surface area contributed by atoms with E-state index in [0.717, 1.165) is 36.0 Å². The number of nitro groups is 1. The van der Waals surface area contributed by atoms with Gasteiger partial charge in [0.2, 0.25) is 5.95 Å². The van der Waals surface area contributed by atoms with Crippen molar-refractivity contribution in [3.8, 4) is 5.75 Å². The van der Waals surface area contributed by atoms with E-state index in [4.69, 9.17) is 14.5 Å². The second-order valence-corrected chi connectivity index (χ2v) is 8.81. The van der Waals surface area contributed by atoms with Crippen LogP contribution in [0.1, 0.15) is 49.1 Å². The predicted molar refractivity (Wildman–Crippen MR) is 141 cm³/mol. The van der Waals surface area contributed by atoms with Crippen LogP contribution < -0.4 is 10.1 Å². The number of aromatic nitrogens is 2. The second-order valence-electron chi connectivity index (χ2n) is 8.81. The monoisotopic (exact) mass is 502 g/mol. The number of ether oxygens (including phenoxy) is 2. The standard InChI is InChI=1S/C28H30N4O5/c1-5-9-19-14-18-10-7-8-11-20(18)26(25(19)27(33)37-4)21-12-13-29-28(30-21)31-22-16-23(32(34)35)17(6-2)15-24(22)36-3/h7-8,10-13,15-16,19H,5-6,9,14H2,1-4H3,(H,29,30,31). The number of carbonyl (C=O) groups excluding carboxylic acids is 1. The van der Waals surface area contributed by atoms with Crippen molar-refractivity contribution in [1.82, 2.24) is 9.97 Å². The maximum Gasteiger partial charge on any atom is 0.334 e. The Balaban J connectivity index is 1.85. The molecule has 1 unspecified atom stereocenters. The van der Waals surface area contributed by atoms with Crippen LogP contribution in [-0.4, -0.2) is 35.1 Å². The van der Waals surface area contributed by atoms with Crippen molar-refractivity contribution in [2.75, 3.05) is 19.5 Å². The third kappa shape index (κ3) is 5.16. The van der Waals surface area contributed by atoms with Crippen LogP contribution in [0.4, 0.5) is 17.3 Å². The highest BCUT2D eigenvalue weighted by molar-refractivity contribution is 6.03. The Bertz CT molecular complexity index is 1370. The van der Waals surface area contributed by atoms with Gasteiger partial charge in [-0.25, -0.2) is 14.8 Å². The Morgan fingerprint density at radius 1 is 1.19 bits per heavy atom. The molecule has 0 bridgehead atoms. The molecule has 0 saturated carbocycles. The molecule has 3 aromatic rings. The molecule has 9 heteroatoms. The van der Waals surface area contributed by atoms with Crippen molar-refractivity contribution in [3.05, 3.63) is 86.7 Å². The Morgan fingerprint density at radius 3 is 2.65 bits per heavy atom. The van der Waals surface area contributed by atoms with E-state index >= 15 is 0 Å². The van der Waals surface area contributed by atoms with Gasteiger partial charge in [0, 0.05) is 23.4 Å². The Kier molecular flexibility index (Phi) is 7.81. The molecule has 1 heterocycles. The summed E-state index contributed by atoms with van der Waals surface area (Å²) in [6, 6.07) is 12.8. The summed E-state index contributed by atoms with van der Waals surface area (Å²) in [5, 5.41) is 14.7. The zero-order valence-corrected chi connectivity index (χ0v) is 21.4. The number of nitrogens with one attached hydrogen (secondary N) is 1. The molecule has 1 aromatic heterocycles. The average Bonchev–Trinajstić information content (AvgIpc) is 2.91. The lowest BCUT2D eigenvalue weighted by molar-refractivity contribution is -0.385. The highest BCUT2D eigenvalue weighted by Crippen LogP contribution is 2.41. The van der Waals surface area contributed by atoms with Gasteiger partial charge in [0.15, 0.2) is 0 Å². The first-order valence-electron chi connectivity index (χ1n) is 12.3. The minimum atomic E-state index is -0.416. The molecular weight excluding hydrogens is 472 g/mol. The summed E-state index contributed by atoms with van der Waals surface area (Å²) in [5.74, 6) is 0.291. The molecule has 0 radical (unpaired) electrons. The summed E-state index contributed by atoms with van der Waals surface area (Å²) in [4.78, 5) is 33.3. The third-order valence-electron chi connectivity index (χ3n) is 6.61. The minimum absolute atomic E-state index is 0.00180. The van der Waals surface area contributed by atoms with E-state index < -0.39 is 4.92 Å². The molecule has 2 aromatic carbocycles. The molecule has 4 rings (SSSR count). The van der Waals surface area contributed by atoms with Crippen molar-refractivity contribution in [1.29, 1.82) is 0 Å². The number of rotatable bonds is 9. The van der Waals surface area contributed by atoms with Gasteiger partial charge in [-0.05, 0) is 48.4 Å². The van der Waals surface area contributed by atoms with Gasteiger partial charge in [0.1, 0.15) is 5.75 Å². The molecule has 37 heavy (non-hydrogen) atoms. The molecule has 0 amide bonds. The maximum atomic E-state index is 13.0. The molecule has 192 valence electrons. The highest BCUT2D eigenvalue weighted by Gasteiger charge is 2.33. The number of hydrogen-bond acceptors (Lipinski definition) is 8. The summed E-state index contributed by atoms with van der Waals surface area (Å²) in [7, 11) is 2.89. The van der Waals surface area contributed by atoms with Gasteiger partial charge >= 0.3 is 5.97 Å². The quantitative estimate of drug-likeness (QED) is 0.227.